The summed E-state index contributed by atoms with van der Waals surface area (Å²) in [6, 6.07) is 5.95. The van der Waals surface area contributed by atoms with Crippen LogP contribution in [0, 0.1) is 5.92 Å². The van der Waals surface area contributed by atoms with Gasteiger partial charge in [0.15, 0.2) is 6.61 Å². The van der Waals surface area contributed by atoms with E-state index in [9.17, 15) is 19.2 Å². The monoisotopic (exact) mass is 559 g/mol. The average Bonchev–Trinajstić information content (AvgIpc) is 2.92. The van der Waals surface area contributed by atoms with Crippen LogP contribution in [-0.4, -0.2) is 117 Å². The molecule has 0 radical (unpaired) electrons. The van der Waals surface area contributed by atoms with E-state index >= 15 is 0 Å². The summed E-state index contributed by atoms with van der Waals surface area (Å²) in [7, 11) is 5.61. The summed E-state index contributed by atoms with van der Waals surface area (Å²) in [6.45, 7) is 5.05. The number of rotatable bonds is 7. The summed E-state index contributed by atoms with van der Waals surface area (Å²) in [5.74, 6) is -0.755. The molecule has 2 bridgehead atoms. The number of carbonyl (C=O) groups excluding carboxylic acids is 4. The Balaban J connectivity index is 1.87. The maximum Gasteiger partial charge on any atom is 0.258 e. The molecule has 11 nitrogen and oxygen atoms in total. The lowest BCUT2D eigenvalue weighted by molar-refractivity contribution is -0.142. The molecular weight excluding hydrogens is 514 g/mol. The Labute approximate surface area is 237 Å². The van der Waals surface area contributed by atoms with Gasteiger partial charge in [-0.25, -0.2) is 0 Å². The Morgan fingerprint density at radius 3 is 2.35 bits per heavy atom. The predicted molar refractivity (Wildman–Crippen MR) is 151 cm³/mol. The number of nitrogens with zero attached hydrogens (tertiary/aromatic N) is 3. The molecule has 3 heterocycles. The zero-order valence-electron chi connectivity index (χ0n) is 24.5. The van der Waals surface area contributed by atoms with Gasteiger partial charge < -0.3 is 34.8 Å². The third kappa shape index (κ3) is 9.19. The summed E-state index contributed by atoms with van der Waals surface area (Å²) in [5, 5.41) is 5.69. The Morgan fingerprint density at radius 1 is 1.07 bits per heavy atom. The third-order valence-electron chi connectivity index (χ3n) is 7.42. The molecule has 222 valence electrons. The van der Waals surface area contributed by atoms with Crippen molar-refractivity contribution in [1.29, 1.82) is 0 Å². The first-order chi connectivity index (χ1) is 19.1. The second-order valence-corrected chi connectivity index (χ2v) is 11.3. The van der Waals surface area contributed by atoms with Crippen molar-refractivity contribution in [2.75, 3.05) is 60.6 Å². The molecular formula is C29H45N5O6. The molecule has 0 saturated carbocycles. The van der Waals surface area contributed by atoms with E-state index in [0.717, 1.165) is 18.4 Å². The number of carbonyl (C=O) groups is 4. The van der Waals surface area contributed by atoms with Gasteiger partial charge >= 0.3 is 0 Å². The lowest BCUT2D eigenvalue weighted by Crippen LogP contribution is -2.56. The highest BCUT2D eigenvalue weighted by molar-refractivity contribution is 5.93. The number of piperidine rings is 1. The van der Waals surface area contributed by atoms with Crippen molar-refractivity contribution in [3.8, 4) is 5.75 Å². The Morgan fingerprint density at radius 2 is 1.75 bits per heavy atom. The second-order valence-electron chi connectivity index (χ2n) is 11.3. The number of likely N-dealkylation sites (tertiary alicyclic amines) is 1. The van der Waals surface area contributed by atoms with Crippen LogP contribution in [0.1, 0.15) is 38.7 Å². The largest absolute Gasteiger partial charge is 0.484 e. The van der Waals surface area contributed by atoms with E-state index in [1.807, 2.05) is 45.0 Å². The highest BCUT2D eigenvalue weighted by Gasteiger charge is 2.32. The van der Waals surface area contributed by atoms with Gasteiger partial charge in [-0.05, 0) is 57.0 Å². The van der Waals surface area contributed by atoms with Crippen molar-refractivity contribution in [3.05, 3.63) is 29.8 Å². The number of benzene rings is 1. The number of nitrogens with one attached hydrogen (secondary N) is 2. The minimum Gasteiger partial charge on any atom is -0.484 e. The van der Waals surface area contributed by atoms with Gasteiger partial charge in [0.25, 0.3) is 5.91 Å². The quantitative estimate of drug-likeness (QED) is 0.471. The van der Waals surface area contributed by atoms with E-state index in [-0.39, 0.29) is 44.0 Å². The van der Waals surface area contributed by atoms with Crippen LogP contribution < -0.4 is 15.4 Å². The van der Waals surface area contributed by atoms with Crippen molar-refractivity contribution in [1.82, 2.24) is 25.3 Å². The van der Waals surface area contributed by atoms with Gasteiger partial charge in [0.05, 0.1) is 13.2 Å². The van der Waals surface area contributed by atoms with E-state index in [1.165, 1.54) is 12.0 Å². The second kappa shape index (κ2) is 15.0. The van der Waals surface area contributed by atoms with Crippen LogP contribution in [0.25, 0.3) is 0 Å². The average molecular weight is 560 g/mol. The van der Waals surface area contributed by atoms with Crippen LogP contribution in [0.5, 0.6) is 5.75 Å². The standard InChI is InChI=1S/C29H45N5O6/c1-20(2)16-24-29(38)34(14-15-39-5)18-26(35)30-25(28(37)33-12-10-22(11-13-33)32(3)4)17-21-6-8-23(9-7-21)40-19-27(36)31-24/h6-9,20,22,24-25H,10-19H2,1-5H3,(H,30,35)(H,31,36)/t24-,25+/m0/s1. The normalized spacial score (nSPS) is 21.9. The van der Waals surface area contributed by atoms with Crippen molar-refractivity contribution in [2.24, 2.45) is 5.92 Å². The fraction of sp³-hybridized carbons (Fsp3) is 0.655. The maximum atomic E-state index is 13.7. The van der Waals surface area contributed by atoms with Crippen LogP contribution in [-0.2, 0) is 30.3 Å². The van der Waals surface area contributed by atoms with Crippen LogP contribution in [0.4, 0.5) is 0 Å². The van der Waals surface area contributed by atoms with E-state index in [1.54, 1.807) is 12.1 Å². The minimum absolute atomic E-state index is 0.116. The SMILES string of the molecule is COCCN1CC(=O)N[C@@H](C(=O)N2CCC(N(C)C)CC2)Cc2ccc(cc2)OCC(=O)N[C@@H](CC(C)C)C1=O. The molecule has 40 heavy (non-hydrogen) atoms. The fourth-order valence-electron chi connectivity index (χ4n) is 5.16. The van der Waals surface area contributed by atoms with Crippen molar-refractivity contribution in [3.63, 3.8) is 0 Å². The predicted octanol–water partition coefficient (Wildman–Crippen LogP) is 0.665. The molecule has 1 saturated heterocycles. The molecule has 2 atom stereocenters. The van der Waals surface area contributed by atoms with Gasteiger partial charge in [0.2, 0.25) is 17.7 Å². The van der Waals surface area contributed by atoms with Gasteiger partial charge in [-0.3, -0.25) is 19.2 Å². The molecule has 3 aliphatic heterocycles. The van der Waals surface area contributed by atoms with Crippen molar-refractivity contribution >= 4 is 23.6 Å². The fourth-order valence-corrected chi connectivity index (χ4v) is 5.16. The Kier molecular flexibility index (Phi) is 11.8. The first-order valence-corrected chi connectivity index (χ1v) is 14.1. The lowest BCUT2D eigenvalue weighted by atomic mass is 10.0. The number of amides is 4. The zero-order chi connectivity index (χ0) is 29.2. The van der Waals surface area contributed by atoms with Crippen LogP contribution in [0.15, 0.2) is 24.3 Å². The Bertz CT molecular complexity index is 1010. The van der Waals surface area contributed by atoms with Crippen LogP contribution in [0.2, 0.25) is 0 Å². The topological polar surface area (TPSA) is 121 Å². The van der Waals surface area contributed by atoms with E-state index in [4.69, 9.17) is 9.47 Å². The Hall–Kier alpha value is -3.18. The highest BCUT2D eigenvalue weighted by Crippen LogP contribution is 2.18. The molecule has 4 rings (SSSR count). The number of ether oxygens (including phenoxy) is 2. The lowest BCUT2D eigenvalue weighted by Gasteiger charge is -2.37. The molecule has 4 amide bonds. The smallest absolute Gasteiger partial charge is 0.258 e. The molecule has 0 aliphatic carbocycles. The summed E-state index contributed by atoms with van der Waals surface area (Å²) in [6.07, 6.45) is 2.43. The van der Waals surface area contributed by atoms with E-state index in [0.29, 0.717) is 37.7 Å². The summed E-state index contributed by atoms with van der Waals surface area (Å²) in [4.78, 5) is 58.7. The number of hydrogen-bond donors (Lipinski definition) is 2. The molecule has 0 unspecified atom stereocenters. The summed E-state index contributed by atoms with van der Waals surface area (Å²) < 4.78 is 10.8. The van der Waals surface area contributed by atoms with Gasteiger partial charge in [-0.1, -0.05) is 26.0 Å². The van der Waals surface area contributed by atoms with Crippen LogP contribution in [0.3, 0.4) is 0 Å². The zero-order valence-corrected chi connectivity index (χ0v) is 24.5. The summed E-state index contributed by atoms with van der Waals surface area (Å²) >= 11 is 0. The van der Waals surface area contributed by atoms with Gasteiger partial charge in [0, 0.05) is 39.2 Å². The van der Waals surface area contributed by atoms with Crippen molar-refractivity contribution in [2.45, 2.75) is 57.7 Å². The number of methoxy groups -OCH3 is 1. The number of hydrogen-bond acceptors (Lipinski definition) is 7. The third-order valence-corrected chi connectivity index (χ3v) is 7.42. The molecule has 3 aliphatic rings. The maximum absolute atomic E-state index is 13.7. The van der Waals surface area contributed by atoms with E-state index in [2.05, 4.69) is 15.5 Å². The number of fused-ring (bicyclic) bond motifs is 13. The molecule has 1 aromatic carbocycles. The van der Waals surface area contributed by atoms with Crippen LogP contribution >= 0.6 is 0 Å². The van der Waals surface area contributed by atoms with Gasteiger partial charge in [-0.15, -0.1) is 0 Å². The highest BCUT2D eigenvalue weighted by atomic mass is 16.5. The van der Waals surface area contributed by atoms with Gasteiger partial charge in [0.1, 0.15) is 17.8 Å². The first-order valence-electron chi connectivity index (χ1n) is 14.1. The molecule has 0 spiro atoms. The first kappa shape index (κ1) is 31.3. The molecule has 1 fully saturated rings. The van der Waals surface area contributed by atoms with E-state index < -0.39 is 23.9 Å². The molecule has 1 aromatic rings. The van der Waals surface area contributed by atoms with Gasteiger partial charge in [-0.2, -0.15) is 0 Å². The molecule has 2 N–H and O–H groups in total. The summed E-state index contributed by atoms with van der Waals surface area (Å²) in [5.41, 5.74) is 0.843. The molecule has 0 aromatic heterocycles. The molecule has 11 heteroatoms. The van der Waals surface area contributed by atoms with Crippen molar-refractivity contribution < 1.29 is 28.7 Å². The minimum atomic E-state index is -0.827.